The van der Waals surface area contributed by atoms with Crippen LogP contribution in [-0.4, -0.2) is 38.1 Å². The van der Waals surface area contributed by atoms with Crippen LogP contribution < -0.4 is 9.46 Å². The number of hydrogen-bond donors (Lipinski definition) is 2. The number of aromatic amines is 1. The van der Waals surface area contributed by atoms with Crippen molar-refractivity contribution in [3.8, 4) is 5.75 Å². The molecular weight excluding hydrogens is 379 g/mol. The number of ether oxygens (including phenoxy) is 2. The van der Waals surface area contributed by atoms with Gasteiger partial charge in [-0.25, -0.2) is 4.79 Å². The lowest BCUT2D eigenvalue weighted by Crippen LogP contribution is -2.19. The molecule has 12 heteroatoms. The standard InChI is InChI=1S/C14H14F3N3O5S/c1-3-10-11(13(21)24-2)12(19-18-10)26(22,23)20-8-5-4-6-9(7-8)25-14(15,16)17/h4-7,20H,3H2,1-2H3,(H,18,19). The molecule has 0 saturated heterocycles. The summed E-state index contributed by atoms with van der Waals surface area (Å²) in [7, 11) is -3.30. The Morgan fingerprint density at radius 1 is 1.35 bits per heavy atom. The van der Waals surface area contributed by atoms with Crippen molar-refractivity contribution in [1.29, 1.82) is 0 Å². The summed E-state index contributed by atoms with van der Waals surface area (Å²) in [6.07, 6.45) is -4.64. The van der Waals surface area contributed by atoms with Crippen molar-refractivity contribution in [3.63, 3.8) is 0 Å². The molecule has 142 valence electrons. The Morgan fingerprint density at radius 3 is 2.62 bits per heavy atom. The summed E-state index contributed by atoms with van der Waals surface area (Å²) < 4.78 is 72.2. The normalized spacial score (nSPS) is 11.9. The molecule has 0 radical (unpaired) electrons. The molecule has 0 aliphatic heterocycles. The van der Waals surface area contributed by atoms with Gasteiger partial charge in [0.1, 0.15) is 11.3 Å². The Labute approximate surface area is 146 Å². The van der Waals surface area contributed by atoms with E-state index in [0.717, 1.165) is 19.2 Å². The minimum Gasteiger partial charge on any atom is -0.465 e. The maximum atomic E-state index is 12.5. The van der Waals surface area contributed by atoms with Gasteiger partial charge < -0.3 is 9.47 Å². The third-order valence-electron chi connectivity index (χ3n) is 3.13. The average molecular weight is 393 g/mol. The van der Waals surface area contributed by atoms with E-state index in [2.05, 4.69) is 24.4 Å². The van der Waals surface area contributed by atoms with Crippen molar-refractivity contribution in [3.05, 3.63) is 35.5 Å². The van der Waals surface area contributed by atoms with E-state index in [1.54, 1.807) is 6.92 Å². The van der Waals surface area contributed by atoms with Crippen LogP contribution in [0.3, 0.4) is 0 Å². The van der Waals surface area contributed by atoms with Crippen molar-refractivity contribution in [2.45, 2.75) is 24.7 Å². The number of methoxy groups -OCH3 is 1. The fourth-order valence-electron chi connectivity index (χ4n) is 2.08. The SMILES string of the molecule is CCc1[nH]nc(S(=O)(=O)Nc2cccc(OC(F)(F)F)c2)c1C(=O)OC. The second-order valence-electron chi connectivity index (χ2n) is 4.91. The second kappa shape index (κ2) is 7.23. The third-order valence-corrected chi connectivity index (χ3v) is 4.43. The lowest BCUT2D eigenvalue weighted by molar-refractivity contribution is -0.274. The number of benzene rings is 1. The Morgan fingerprint density at radius 2 is 2.04 bits per heavy atom. The Hall–Kier alpha value is -2.76. The van der Waals surface area contributed by atoms with Crippen molar-refractivity contribution in [2.24, 2.45) is 0 Å². The number of nitrogens with one attached hydrogen (secondary N) is 2. The first-order valence-corrected chi connectivity index (χ1v) is 8.60. The van der Waals surface area contributed by atoms with Gasteiger partial charge in [0.05, 0.1) is 18.5 Å². The molecule has 8 nitrogen and oxygen atoms in total. The van der Waals surface area contributed by atoms with Gasteiger partial charge in [0.25, 0.3) is 10.0 Å². The first-order valence-electron chi connectivity index (χ1n) is 7.11. The molecule has 1 aromatic heterocycles. The van der Waals surface area contributed by atoms with E-state index >= 15 is 0 Å². The van der Waals surface area contributed by atoms with Gasteiger partial charge in [-0.2, -0.15) is 13.5 Å². The number of anilines is 1. The van der Waals surface area contributed by atoms with Crippen LogP contribution in [0.1, 0.15) is 23.0 Å². The first-order chi connectivity index (χ1) is 12.1. The monoisotopic (exact) mass is 393 g/mol. The number of carbonyl (C=O) groups excluding carboxylic acids is 1. The number of rotatable bonds is 6. The van der Waals surface area contributed by atoms with Crippen LogP contribution in [0.25, 0.3) is 0 Å². The van der Waals surface area contributed by atoms with E-state index in [9.17, 15) is 26.4 Å². The van der Waals surface area contributed by atoms with Crippen LogP contribution in [-0.2, 0) is 21.2 Å². The minimum atomic E-state index is -4.92. The second-order valence-corrected chi connectivity index (χ2v) is 6.51. The largest absolute Gasteiger partial charge is 0.573 e. The zero-order chi connectivity index (χ0) is 19.5. The van der Waals surface area contributed by atoms with Gasteiger partial charge in [-0.05, 0) is 18.6 Å². The summed E-state index contributed by atoms with van der Waals surface area (Å²) in [4.78, 5) is 11.9. The number of sulfonamides is 1. The van der Waals surface area contributed by atoms with E-state index < -0.39 is 33.1 Å². The minimum absolute atomic E-state index is 0.205. The molecule has 2 rings (SSSR count). The molecule has 0 aliphatic carbocycles. The Bertz CT molecular complexity index is 909. The van der Waals surface area contributed by atoms with Crippen LogP contribution >= 0.6 is 0 Å². The smallest absolute Gasteiger partial charge is 0.465 e. The van der Waals surface area contributed by atoms with Crippen LogP contribution in [0.15, 0.2) is 29.3 Å². The Balaban J connectivity index is 2.37. The van der Waals surface area contributed by atoms with Crippen molar-refractivity contribution in [2.75, 3.05) is 11.8 Å². The summed E-state index contributed by atoms with van der Waals surface area (Å²) in [6.45, 7) is 1.67. The highest BCUT2D eigenvalue weighted by molar-refractivity contribution is 7.92. The highest BCUT2D eigenvalue weighted by Gasteiger charge is 2.32. The quantitative estimate of drug-likeness (QED) is 0.730. The summed E-state index contributed by atoms with van der Waals surface area (Å²) in [5, 5.41) is 5.43. The number of carbonyl (C=O) groups is 1. The summed E-state index contributed by atoms with van der Waals surface area (Å²) in [5.41, 5.74) is -0.236. The van der Waals surface area contributed by atoms with Crippen LogP contribution in [0.5, 0.6) is 5.75 Å². The molecule has 0 saturated carbocycles. The molecule has 26 heavy (non-hydrogen) atoms. The van der Waals surface area contributed by atoms with E-state index in [-0.39, 0.29) is 23.4 Å². The summed E-state index contributed by atoms with van der Waals surface area (Å²) in [6, 6.07) is 4.24. The topological polar surface area (TPSA) is 110 Å². The number of aromatic nitrogens is 2. The number of nitrogens with zero attached hydrogens (tertiary/aromatic N) is 1. The van der Waals surface area contributed by atoms with Gasteiger partial charge in [-0.3, -0.25) is 9.82 Å². The van der Waals surface area contributed by atoms with Crippen molar-refractivity contribution >= 4 is 21.7 Å². The number of hydrogen-bond acceptors (Lipinski definition) is 6. The zero-order valence-electron chi connectivity index (χ0n) is 13.5. The molecule has 1 aromatic carbocycles. The molecule has 0 amide bonds. The number of H-pyrrole nitrogens is 1. The zero-order valence-corrected chi connectivity index (χ0v) is 14.4. The summed E-state index contributed by atoms with van der Waals surface area (Å²) >= 11 is 0. The van der Waals surface area contributed by atoms with E-state index in [1.807, 2.05) is 0 Å². The molecule has 0 unspecified atom stereocenters. The maximum Gasteiger partial charge on any atom is 0.573 e. The molecular formula is C14H14F3N3O5S. The van der Waals surface area contributed by atoms with Crippen LogP contribution in [0.2, 0.25) is 0 Å². The average Bonchev–Trinajstić information content (AvgIpc) is 2.97. The van der Waals surface area contributed by atoms with Crippen LogP contribution in [0.4, 0.5) is 18.9 Å². The number of alkyl halides is 3. The molecule has 2 N–H and O–H groups in total. The highest BCUT2D eigenvalue weighted by Crippen LogP contribution is 2.27. The van der Waals surface area contributed by atoms with Gasteiger partial charge in [-0.15, -0.1) is 13.2 Å². The predicted octanol–water partition coefficient (Wildman–Crippen LogP) is 2.46. The van der Waals surface area contributed by atoms with Gasteiger partial charge in [0.2, 0.25) is 5.03 Å². The first kappa shape index (κ1) is 19.6. The summed E-state index contributed by atoms with van der Waals surface area (Å²) in [5.74, 6) is -1.52. The number of halogens is 3. The Kier molecular flexibility index (Phi) is 5.44. The lowest BCUT2D eigenvalue weighted by Gasteiger charge is -2.11. The van der Waals surface area contributed by atoms with Crippen molar-refractivity contribution < 1.29 is 35.9 Å². The van der Waals surface area contributed by atoms with E-state index in [0.29, 0.717) is 0 Å². The fraction of sp³-hybridized carbons (Fsp3) is 0.286. The predicted molar refractivity (Wildman–Crippen MR) is 83.2 cm³/mol. The lowest BCUT2D eigenvalue weighted by atomic mass is 10.2. The fourth-order valence-corrected chi connectivity index (χ4v) is 3.26. The number of esters is 1. The van der Waals surface area contributed by atoms with Gasteiger partial charge in [0, 0.05) is 6.07 Å². The molecule has 0 spiro atoms. The van der Waals surface area contributed by atoms with Crippen molar-refractivity contribution in [1.82, 2.24) is 10.2 Å². The molecule has 0 bridgehead atoms. The van der Waals surface area contributed by atoms with Gasteiger partial charge in [0.15, 0.2) is 0 Å². The van der Waals surface area contributed by atoms with Gasteiger partial charge in [-0.1, -0.05) is 13.0 Å². The highest BCUT2D eigenvalue weighted by atomic mass is 32.2. The van der Waals surface area contributed by atoms with E-state index in [1.165, 1.54) is 12.1 Å². The molecule has 0 aliphatic rings. The third kappa shape index (κ3) is 4.45. The molecule has 2 aromatic rings. The van der Waals surface area contributed by atoms with E-state index in [4.69, 9.17) is 0 Å². The van der Waals surface area contributed by atoms with Gasteiger partial charge >= 0.3 is 12.3 Å². The molecule has 0 fully saturated rings. The maximum absolute atomic E-state index is 12.5. The molecule has 0 atom stereocenters. The number of aryl methyl sites for hydroxylation is 1. The van der Waals surface area contributed by atoms with Crippen LogP contribution in [0, 0.1) is 0 Å². The molecule has 1 heterocycles.